The van der Waals surface area contributed by atoms with E-state index in [0.29, 0.717) is 6.42 Å². The molecule has 1 amide bonds. The molecule has 2 aliphatic rings. The fraction of sp³-hybridized carbons (Fsp3) is 0.500. The highest BCUT2D eigenvalue weighted by molar-refractivity contribution is 14.1. The highest BCUT2D eigenvalue weighted by Crippen LogP contribution is 2.31. The molecule has 174 valence electrons. The maximum atomic E-state index is 13.4. The van der Waals surface area contributed by atoms with Gasteiger partial charge in [-0.3, -0.25) is 14.6 Å². The lowest BCUT2D eigenvalue weighted by molar-refractivity contribution is -0.127. The van der Waals surface area contributed by atoms with Crippen molar-refractivity contribution < 1.29 is 9.59 Å². The Hall–Kier alpha value is -1.96. The summed E-state index contributed by atoms with van der Waals surface area (Å²) in [4.78, 5) is 31.8. The Morgan fingerprint density at radius 1 is 1.22 bits per heavy atom. The summed E-state index contributed by atoms with van der Waals surface area (Å²) in [7, 11) is 0. The summed E-state index contributed by atoms with van der Waals surface area (Å²) in [6.45, 7) is 18.1. The minimum Gasteiger partial charge on any atom is -0.371 e. The molecule has 0 spiro atoms. The molecular weight excluding hydrogens is 513 g/mol. The van der Waals surface area contributed by atoms with Crippen molar-refractivity contribution in [1.29, 1.82) is 0 Å². The predicted molar refractivity (Wildman–Crippen MR) is 142 cm³/mol. The highest BCUT2D eigenvalue weighted by Gasteiger charge is 2.28. The number of carbonyl (C=O) groups excluding carboxylic acids is 2. The minimum atomic E-state index is -0.132. The van der Waals surface area contributed by atoms with E-state index in [2.05, 4.69) is 64.4 Å². The van der Waals surface area contributed by atoms with Crippen molar-refractivity contribution in [1.82, 2.24) is 10.2 Å². The van der Waals surface area contributed by atoms with Crippen LogP contribution in [0.1, 0.15) is 53.4 Å². The van der Waals surface area contributed by atoms with E-state index < -0.39 is 0 Å². The lowest BCUT2D eigenvalue weighted by atomic mass is 9.86. The normalized spacial score (nSPS) is 19.9. The summed E-state index contributed by atoms with van der Waals surface area (Å²) >= 11 is 1.78. The zero-order chi connectivity index (χ0) is 23.8. The van der Waals surface area contributed by atoms with Gasteiger partial charge in [0.2, 0.25) is 5.91 Å². The first-order chi connectivity index (χ1) is 15.2. The number of carbonyl (C=O) groups is 2. The largest absolute Gasteiger partial charge is 0.371 e. The maximum absolute atomic E-state index is 13.4. The van der Waals surface area contributed by atoms with Crippen LogP contribution < -0.4 is 5.32 Å². The molecule has 0 radical (unpaired) electrons. The van der Waals surface area contributed by atoms with Gasteiger partial charge in [0.15, 0.2) is 3.79 Å². The van der Waals surface area contributed by atoms with Crippen LogP contribution in [0, 0.1) is 5.92 Å². The maximum Gasteiger partial charge on any atom is 0.249 e. The number of nitrogens with one attached hydrogen (secondary N) is 1. The van der Waals surface area contributed by atoms with Gasteiger partial charge in [0.1, 0.15) is 5.84 Å². The minimum absolute atomic E-state index is 0.00142. The van der Waals surface area contributed by atoms with E-state index in [1.165, 1.54) is 0 Å². The summed E-state index contributed by atoms with van der Waals surface area (Å²) in [6, 6.07) is 0.0863. The van der Waals surface area contributed by atoms with Crippen LogP contribution >= 0.6 is 22.6 Å². The van der Waals surface area contributed by atoms with Gasteiger partial charge < -0.3 is 10.2 Å². The Balaban J connectivity index is 2.37. The van der Waals surface area contributed by atoms with Gasteiger partial charge in [0.05, 0.1) is 6.04 Å². The summed E-state index contributed by atoms with van der Waals surface area (Å²) in [6.07, 6.45) is 10.9. The second-order valence-electron chi connectivity index (χ2n) is 8.70. The number of allylic oxidation sites excluding steroid dienone is 4. The van der Waals surface area contributed by atoms with Crippen molar-refractivity contribution in [2.75, 3.05) is 13.1 Å². The number of hydrogen-bond donors (Lipinski definition) is 1. The highest BCUT2D eigenvalue weighted by atomic mass is 127. The molecule has 0 aromatic carbocycles. The third kappa shape index (κ3) is 7.29. The molecule has 1 N–H and O–H groups in total. The Morgan fingerprint density at radius 3 is 2.44 bits per heavy atom. The molecule has 1 heterocycles. The molecule has 2 rings (SSSR count). The average Bonchev–Trinajstić information content (AvgIpc) is 2.89. The van der Waals surface area contributed by atoms with E-state index in [0.717, 1.165) is 54.1 Å². The molecule has 0 saturated heterocycles. The molecule has 0 aromatic rings. The van der Waals surface area contributed by atoms with Gasteiger partial charge in [-0.1, -0.05) is 51.3 Å². The van der Waals surface area contributed by atoms with Crippen LogP contribution in [0.5, 0.6) is 0 Å². The first-order valence-electron chi connectivity index (χ1n) is 11.4. The average molecular weight is 549 g/mol. The second kappa shape index (κ2) is 12.3. The summed E-state index contributed by atoms with van der Waals surface area (Å²) in [5.74, 6) is 0.938. The topological polar surface area (TPSA) is 61.8 Å². The Morgan fingerprint density at radius 2 is 1.88 bits per heavy atom. The van der Waals surface area contributed by atoms with Gasteiger partial charge in [0.25, 0.3) is 0 Å². The quantitative estimate of drug-likeness (QED) is 0.228. The zero-order valence-electron chi connectivity index (χ0n) is 19.8. The number of amides is 1. The number of fused-ring (bicyclic) bond motifs is 1. The Kier molecular flexibility index (Phi) is 10.1. The van der Waals surface area contributed by atoms with E-state index in [1.54, 1.807) is 22.6 Å². The molecule has 0 bridgehead atoms. The molecule has 32 heavy (non-hydrogen) atoms. The molecule has 2 atom stereocenters. The molecule has 0 fully saturated rings. The van der Waals surface area contributed by atoms with Gasteiger partial charge in [-0.25, -0.2) is 0 Å². The second-order valence-corrected chi connectivity index (χ2v) is 9.90. The third-order valence-electron chi connectivity index (χ3n) is 5.43. The van der Waals surface area contributed by atoms with Crippen LogP contribution in [-0.2, 0) is 9.59 Å². The van der Waals surface area contributed by atoms with Crippen LogP contribution in [-0.4, -0.2) is 45.6 Å². The van der Waals surface area contributed by atoms with Crippen molar-refractivity contribution in [2.24, 2.45) is 10.9 Å². The molecule has 5 nitrogen and oxygen atoms in total. The summed E-state index contributed by atoms with van der Waals surface area (Å²) in [5, 5.41) is 3.43. The van der Waals surface area contributed by atoms with E-state index in [9.17, 15) is 9.59 Å². The van der Waals surface area contributed by atoms with Gasteiger partial charge in [-0.15, -0.1) is 0 Å². The van der Waals surface area contributed by atoms with E-state index in [1.807, 2.05) is 11.0 Å². The smallest absolute Gasteiger partial charge is 0.249 e. The molecule has 6 heteroatoms. The molecule has 1 aliphatic heterocycles. The Labute approximate surface area is 206 Å². The van der Waals surface area contributed by atoms with Crippen molar-refractivity contribution in [3.8, 4) is 0 Å². The molecule has 1 aliphatic carbocycles. The first-order valence-corrected chi connectivity index (χ1v) is 12.5. The monoisotopic (exact) mass is 549 g/mol. The number of aliphatic imine (C=N–C) groups is 1. The van der Waals surface area contributed by atoms with Crippen LogP contribution in [0.2, 0.25) is 0 Å². The summed E-state index contributed by atoms with van der Waals surface area (Å²) in [5.41, 5.74) is 3.22. The number of nitrogens with zero attached hydrogens (tertiary/aromatic N) is 2. The van der Waals surface area contributed by atoms with Crippen LogP contribution in [0.4, 0.5) is 0 Å². The van der Waals surface area contributed by atoms with Gasteiger partial charge in [-0.05, 0) is 66.0 Å². The summed E-state index contributed by atoms with van der Waals surface area (Å²) < 4.78 is 0.0396. The van der Waals surface area contributed by atoms with E-state index >= 15 is 0 Å². The standard InChI is InChI=1S/C26H36IN3O2/c1-7-11-30(12-8-2)26(32)22-14-21-10-9-20(19(6)18(5)13-24(27)31)15-23(21)29-25(16-22)28-17(3)4/h9-10,14-15,17,21,23H,5-8,11-13,16H2,1-4H3,(H,28,29). The Bertz CT molecular complexity index is 874. The number of halogens is 1. The van der Waals surface area contributed by atoms with Gasteiger partial charge in [-0.2, -0.15) is 0 Å². The van der Waals surface area contributed by atoms with Crippen LogP contribution in [0.25, 0.3) is 0 Å². The SMILES string of the molecule is C=C(CC(=O)I)C(=C)C1=CC2N=C(NC(C)C)CC(C(=O)N(CCC)CCC)=CC2C=C1. The number of amidine groups is 1. The molecular formula is C26H36IN3O2. The van der Waals surface area contributed by atoms with Gasteiger partial charge in [0, 0.05) is 43.5 Å². The van der Waals surface area contributed by atoms with E-state index in [4.69, 9.17) is 4.99 Å². The molecule has 0 aromatic heterocycles. The van der Waals surface area contributed by atoms with Crippen molar-refractivity contribution in [2.45, 2.75) is 65.5 Å². The van der Waals surface area contributed by atoms with E-state index in [-0.39, 0.29) is 34.1 Å². The number of rotatable bonds is 10. The van der Waals surface area contributed by atoms with Crippen molar-refractivity contribution in [3.05, 3.63) is 59.8 Å². The van der Waals surface area contributed by atoms with Crippen molar-refractivity contribution in [3.63, 3.8) is 0 Å². The van der Waals surface area contributed by atoms with Gasteiger partial charge >= 0.3 is 0 Å². The third-order valence-corrected chi connectivity index (χ3v) is 5.81. The fourth-order valence-corrected chi connectivity index (χ4v) is 4.42. The van der Waals surface area contributed by atoms with Crippen molar-refractivity contribution >= 4 is 38.1 Å². The molecule has 2 unspecified atom stereocenters. The predicted octanol–water partition coefficient (Wildman–Crippen LogP) is 5.31. The molecule has 0 saturated carbocycles. The number of hydrogen-bond acceptors (Lipinski definition) is 4. The van der Waals surface area contributed by atoms with Crippen LogP contribution in [0.15, 0.2) is 64.7 Å². The lowest BCUT2D eigenvalue weighted by Gasteiger charge is -2.24. The first kappa shape index (κ1) is 26.3. The fourth-order valence-electron chi connectivity index (χ4n) is 3.96. The lowest BCUT2D eigenvalue weighted by Crippen LogP contribution is -2.36. The zero-order valence-corrected chi connectivity index (χ0v) is 21.9. The van der Waals surface area contributed by atoms with Crippen LogP contribution in [0.3, 0.4) is 0 Å².